The third kappa shape index (κ3) is 4.03. The van der Waals surface area contributed by atoms with Crippen LogP contribution in [0.5, 0.6) is 0 Å². The summed E-state index contributed by atoms with van der Waals surface area (Å²) in [6.45, 7) is 11.4. The molecule has 1 fully saturated rings. The van der Waals surface area contributed by atoms with E-state index in [4.69, 9.17) is 0 Å². The molecule has 0 aromatic carbocycles. The Hall–Kier alpha value is -1.42. The fraction of sp³-hybridized carbons (Fsp3) is 0.600. The Morgan fingerprint density at radius 1 is 1.26 bits per heavy atom. The number of hydrogen-bond acceptors (Lipinski definition) is 3. The number of carbonyl (C=O) groups excluding carboxylic acids is 1. The van der Waals surface area contributed by atoms with Crippen molar-refractivity contribution in [3.05, 3.63) is 30.1 Å². The van der Waals surface area contributed by atoms with Gasteiger partial charge < -0.3 is 4.90 Å². The van der Waals surface area contributed by atoms with E-state index in [1.807, 2.05) is 17.0 Å². The summed E-state index contributed by atoms with van der Waals surface area (Å²) in [5.74, 6) is 0.100. The van der Waals surface area contributed by atoms with Gasteiger partial charge in [-0.3, -0.25) is 14.7 Å². The van der Waals surface area contributed by atoms with E-state index in [1.165, 1.54) is 0 Å². The zero-order valence-electron chi connectivity index (χ0n) is 12.1. The van der Waals surface area contributed by atoms with Crippen LogP contribution in [-0.2, 0) is 0 Å². The van der Waals surface area contributed by atoms with E-state index < -0.39 is 0 Å². The minimum atomic E-state index is 0.100. The minimum absolute atomic E-state index is 0.100. The van der Waals surface area contributed by atoms with Gasteiger partial charge in [-0.1, -0.05) is 20.8 Å². The second kappa shape index (κ2) is 5.70. The number of hydrogen-bond donors (Lipinski definition) is 0. The van der Waals surface area contributed by atoms with Gasteiger partial charge in [-0.2, -0.15) is 0 Å². The molecule has 1 aliphatic rings. The summed E-state index contributed by atoms with van der Waals surface area (Å²) >= 11 is 0. The summed E-state index contributed by atoms with van der Waals surface area (Å²) in [4.78, 5) is 20.6. The maximum atomic E-state index is 12.3. The SMILES string of the molecule is CC(C)(C)CN1CCN(C(=O)c2cccnc2)CC1. The topological polar surface area (TPSA) is 36.4 Å². The molecule has 1 aromatic heterocycles. The molecule has 0 saturated carbocycles. The Bertz CT molecular complexity index is 417. The van der Waals surface area contributed by atoms with E-state index in [1.54, 1.807) is 12.4 Å². The molecule has 4 heteroatoms. The van der Waals surface area contributed by atoms with Crippen LogP contribution in [0.15, 0.2) is 24.5 Å². The summed E-state index contributed by atoms with van der Waals surface area (Å²) in [5, 5.41) is 0. The molecule has 0 atom stereocenters. The van der Waals surface area contributed by atoms with Crippen molar-refractivity contribution >= 4 is 5.91 Å². The van der Waals surface area contributed by atoms with Crippen LogP contribution in [0, 0.1) is 5.41 Å². The van der Waals surface area contributed by atoms with Crippen molar-refractivity contribution in [2.24, 2.45) is 5.41 Å². The van der Waals surface area contributed by atoms with Crippen LogP contribution in [0.3, 0.4) is 0 Å². The molecule has 1 aromatic rings. The Morgan fingerprint density at radius 2 is 1.95 bits per heavy atom. The molecule has 4 nitrogen and oxygen atoms in total. The van der Waals surface area contributed by atoms with Crippen molar-refractivity contribution in [2.75, 3.05) is 32.7 Å². The van der Waals surface area contributed by atoms with E-state index in [0.29, 0.717) is 11.0 Å². The molecule has 104 valence electrons. The van der Waals surface area contributed by atoms with Gasteiger partial charge in [0.25, 0.3) is 5.91 Å². The molecule has 0 bridgehead atoms. The zero-order chi connectivity index (χ0) is 13.9. The fourth-order valence-electron chi connectivity index (χ4n) is 2.45. The molecule has 0 spiro atoms. The predicted octanol–water partition coefficient (Wildman–Crippen LogP) is 1.89. The van der Waals surface area contributed by atoms with Crippen molar-refractivity contribution in [1.29, 1.82) is 0 Å². The van der Waals surface area contributed by atoms with Crippen LogP contribution in [0.25, 0.3) is 0 Å². The maximum absolute atomic E-state index is 12.3. The van der Waals surface area contributed by atoms with Gasteiger partial charge >= 0.3 is 0 Å². The fourth-order valence-corrected chi connectivity index (χ4v) is 2.45. The maximum Gasteiger partial charge on any atom is 0.255 e. The van der Waals surface area contributed by atoms with Gasteiger partial charge in [-0.25, -0.2) is 0 Å². The van der Waals surface area contributed by atoms with Gasteiger partial charge in [0, 0.05) is 45.1 Å². The van der Waals surface area contributed by atoms with Gasteiger partial charge in [0.05, 0.1) is 5.56 Å². The first-order chi connectivity index (χ1) is 8.96. The quantitative estimate of drug-likeness (QED) is 0.815. The van der Waals surface area contributed by atoms with Crippen LogP contribution in [0.4, 0.5) is 0 Å². The highest BCUT2D eigenvalue weighted by Crippen LogP contribution is 2.17. The van der Waals surface area contributed by atoms with Crippen LogP contribution >= 0.6 is 0 Å². The number of aromatic nitrogens is 1. The Balaban J connectivity index is 1.88. The van der Waals surface area contributed by atoms with E-state index >= 15 is 0 Å². The highest BCUT2D eigenvalue weighted by molar-refractivity contribution is 5.93. The number of piperazine rings is 1. The van der Waals surface area contributed by atoms with E-state index in [2.05, 4.69) is 30.7 Å². The number of nitrogens with zero attached hydrogens (tertiary/aromatic N) is 3. The molecule has 0 radical (unpaired) electrons. The number of rotatable bonds is 2. The van der Waals surface area contributed by atoms with Crippen molar-refractivity contribution in [3.8, 4) is 0 Å². The molecular weight excluding hydrogens is 238 g/mol. The van der Waals surface area contributed by atoms with Crippen molar-refractivity contribution in [3.63, 3.8) is 0 Å². The van der Waals surface area contributed by atoms with Gasteiger partial charge in [0.1, 0.15) is 0 Å². The highest BCUT2D eigenvalue weighted by Gasteiger charge is 2.24. The molecule has 1 aliphatic heterocycles. The third-order valence-electron chi connectivity index (χ3n) is 3.27. The molecule has 0 aliphatic carbocycles. The first kappa shape index (κ1) is 14.0. The molecular formula is C15H23N3O. The standard InChI is InChI=1S/C15H23N3O/c1-15(2,3)12-17-7-9-18(10-8-17)14(19)13-5-4-6-16-11-13/h4-6,11H,7-10,12H2,1-3H3. The molecule has 1 saturated heterocycles. The number of carbonyl (C=O) groups is 1. The minimum Gasteiger partial charge on any atom is -0.336 e. The van der Waals surface area contributed by atoms with E-state index in [9.17, 15) is 4.79 Å². The zero-order valence-corrected chi connectivity index (χ0v) is 12.1. The average molecular weight is 261 g/mol. The van der Waals surface area contributed by atoms with Crippen LogP contribution in [-0.4, -0.2) is 53.4 Å². The summed E-state index contributed by atoms with van der Waals surface area (Å²) in [5.41, 5.74) is 1.00. The molecule has 1 amide bonds. The lowest BCUT2D eigenvalue weighted by Gasteiger charge is -2.37. The van der Waals surface area contributed by atoms with E-state index in [0.717, 1.165) is 32.7 Å². The van der Waals surface area contributed by atoms with Crippen LogP contribution in [0.2, 0.25) is 0 Å². The first-order valence-corrected chi connectivity index (χ1v) is 6.87. The Kier molecular flexibility index (Phi) is 4.20. The highest BCUT2D eigenvalue weighted by atomic mass is 16.2. The smallest absolute Gasteiger partial charge is 0.255 e. The lowest BCUT2D eigenvalue weighted by atomic mass is 9.96. The number of pyridine rings is 1. The third-order valence-corrected chi connectivity index (χ3v) is 3.27. The van der Waals surface area contributed by atoms with Crippen molar-refractivity contribution in [1.82, 2.24) is 14.8 Å². The van der Waals surface area contributed by atoms with E-state index in [-0.39, 0.29) is 5.91 Å². The molecule has 0 unspecified atom stereocenters. The second-order valence-electron chi connectivity index (χ2n) is 6.37. The van der Waals surface area contributed by atoms with Crippen LogP contribution in [0.1, 0.15) is 31.1 Å². The molecule has 19 heavy (non-hydrogen) atoms. The van der Waals surface area contributed by atoms with Gasteiger partial charge in [0.15, 0.2) is 0 Å². The lowest BCUT2D eigenvalue weighted by molar-refractivity contribution is 0.0591. The molecule has 0 N–H and O–H groups in total. The second-order valence-corrected chi connectivity index (χ2v) is 6.37. The first-order valence-electron chi connectivity index (χ1n) is 6.87. The molecule has 2 rings (SSSR count). The van der Waals surface area contributed by atoms with Gasteiger partial charge in [0.2, 0.25) is 0 Å². The normalized spacial score (nSPS) is 17.5. The Labute approximate surface area is 115 Å². The summed E-state index contributed by atoms with van der Waals surface area (Å²) in [6.07, 6.45) is 3.34. The predicted molar refractivity (Wildman–Crippen MR) is 76.0 cm³/mol. The Morgan fingerprint density at radius 3 is 2.47 bits per heavy atom. The van der Waals surface area contributed by atoms with Crippen molar-refractivity contribution in [2.45, 2.75) is 20.8 Å². The van der Waals surface area contributed by atoms with Gasteiger partial charge in [-0.15, -0.1) is 0 Å². The summed E-state index contributed by atoms with van der Waals surface area (Å²) in [6, 6.07) is 3.64. The monoisotopic (exact) mass is 261 g/mol. The summed E-state index contributed by atoms with van der Waals surface area (Å²) in [7, 11) is 0. The van der Waals surface area contributed by atoms with Crippen LogP contribution < -0.4 is 0 Å². The van der Waals surface area contributed by atoms with Gasteiger partial charge in [-0.05, 0) is 17.5 Å². The average Bonchev–Trinajstić information content (AvgIpc) is 2.38. The number of amides is 1. The largest absolute Gasteiger partial charge is 0.336 e. The van der Waals surface area contributed by atoms with Crippen molar-refractivity contribution < 1.29 is 4.79 Å². The lowest BCUT2D eigenvalue weighted by Crippen LogP contribution is -2.50. The summed E-state index contributed by atoms with van der Waals surface area (Å²) < 4.78 is 0. The molecule has 2 heterocycles.